The van der Waals surface area contributed by atoms with Crippen LogP contribution in [0.1, 0.15) is 39.2 Å². The number of terminal acetylenes is 1. The number of methoxy groups -OCH3 is 1. The van der Waals surface area contributed by atoms with Crippen molar-refractivity contribution in [3.8, 4) is 59.2 Å². The van der Waals surface area contributed by atoms with E-state index in [1.807, 2.05) is 133 Å². The van der Waals surface area contributed by atoms with E-state index in [-0.39, 0.29) is 85.5 Å². The fourth-order valence-electron chi connectivity index (χ4n) is 11.1. The largest absolute Gasteiger partial charge is 0.495 e. The van der Waals surface area contributed by atoms with Crippen molar-refractivity contribution in [3.63, 3.8) is 0 Å². The molecule has 0 bridgehead atoms. The Hall–Kier alpha value is -15.6. The van der Waals surface area contributed by atoms with Gasteiger partial charge < -0.3 is 44.0 Å². The summed E-state index contributed by atoms with van der Waals surface area (Å²) >= 11 is 0. The van der Waals surface area contributed by atoms with Gasteiger partial charge in [-0.1, -0.05) is 90.8 Å². The highest BCUT2D eigenvalue weighted by Crippen LogP contribution is 2.40. The molecule has 0 saturated heterocycles. The van der Waals surface area contributed by atoms with Crippen molar-refractivity contribution in [2.24, 2.45) is 0 Å². The van der Waals surface area contributed by atoms with Gasteiger partial charge in [-0.15, -0.1) is 26.8 Å². The lowest BCUT2D eigenvalue weighted by Gasteiger charge is -2.11. The van der Waals surface area contributed by atoms with Crippen LogP contribution in [0.4, 0.5) is 22.7 Å². The minimum Gasteiger partial charge on any atom is -0.495 e. The molecule has 30 nitrogen and oxygen atoms in total. The van der Waals surface area contributed by atoms with Crippen LogP contribution < -0.4 is 30.7 Å². The number of furan rings is 3. The fourth-order valence-corrected chi connectivity index (χ4v) is 11.1. The topological polar surface area (TPSA) is 409 Å². The molecule has 1 aliphatic carbocycles. The number of fused-ring (bicyclic) bond motifs is 12. The summed E-state index contributed by atoms with van der Waals surface area (Å²) in [4.78, 5) is 76.4. The molecular formula is C73H48N20O10. The third-order valence-corrected chi connectivity index (χ3v) is 15.5. The summed E-state index contributed by atoms with van der Waals surface area (Å²) in [6.07, 6.45) is 10.6. The molecule has 4 N–H and O–H groups in total. The van der Waals surface area contributed by atoms with Gasteiger partial charge in [0.2, 0.25) is 23.6 Å². The van der Waals surface area contributed by atoms with Crippen molar-refractivity contribution in [1.29, 1.82) is 21.0 Å². The summed E-state index contributed by atoms with van der Waals surface area (Å²) in [5.41, 5.74) is 9.47. The van der Waals surface area contributed by atoms with Crippen LogP contribution in [0.5, 0.6) is 11.5 Å². The van der Waals surface area contributed by atoms with Gasteiger partial charge in [-0.05, 0) is 71.8 Å². The third kappa shape index (κ3) is 14.7. The van der Waals surface area contributed by atoms with Gasteiger partial charge in [0.25, 0.3) is 23.3 Å². The smallest absolute Gasteiger partial charge is 0.252 e. The van der Waals surface area contributed by atoms with E-state index in [2.05, 4.69) is 67.5 Å². The van der Waals surface area contributed by atoms with E-state index in [9.17, 15) is 24.0 Å². The van der Waals surface area contributed by atoms with E-state index in [0.717, 1.165) is 65.8 Å². The number of nitriles is 4. The Bertz CT molecular complexity index is 6070. The first-order valence-corrected chi connectivity index (χ1v) is 30.8. The maximum Gasteiger partial charge on any atom is 0.252 e. The molecule has 103 heavy (non-hydrogen) atoms. The zero-order valence-corrected chi connectivity index (χ0v) is 53.7. The number of anilines is 4. The average molecular weight is 1370 g/mol. The second-order valence-corrected chi connectivity index (χ2v) is 22.2. The predicted molar refractivity (Wildman–Crippen MR) is 371 cm³/mol. The molecule has 16 rings (SSSR count). The number of para-hydroxylation sites is 3. The van der Waals surface area contributed by atoms with Crippen LogP contribution in [0.15, 0.2) is 196 Å². The van der Waals surface area contributed by atoms with Crippen LogP contribution in [0.25, 0.3) is 76.9 Å². The molecule has 0 atom stereocenters. The van der Waals surface area contributed by atoms with E-state index < -0.39 is 0 Å². The normalized spacial score (nSPS) is 10.9. The number of nitrogens with one attached hydrogen (secondary N) is 4. The second-order valence-electron chi connectivity index (χ2n) is 22.2. The van der Waals surface area contributed by atoms with Gasteiger partial charge in [0.1, 0.15) is 127 Å². The van der Waals surface area contributed by atoms with Crippen LogP contribution >= 0.6 is 0 Å². The van der Waals surface area contributed by atoms with Gasteiger partial charge in [-0.25, -0.2) is 38.7 Å². The van der Waals surface area contributed by atoms with Crippen LogP contribution in [-0.2, 0) is 45.4 Å². The highest BCUT2D eigenvalue weighted by atomic mass is 16.5. The van der Waals surface area contributed by atoms with Gasteiger partial charge in [-0.2, -0.15) is 21.0 Å². The SMILES string of the molecule is C#CCOc1cc2c(cc1NC(=O)Cn1cnc(C#N)n1)oc1ccccc12.COc1cc2c(cc1NC(=O)Cn1cnc(C#N)n1)oc1ccccc12.N#Cc1ncn(CC(=O)Nc2ccc3c(c2)C(=O)c2ccccc2-3)n1.N#Cc1ncn(CC(=O)Nc2ccc3oc4ccccc4c3c2)n1. The maximum atomic E-state index is 12.5. The van der Waals surface area contributed by atoms with Crippen LogP contribution in [-0.4, -0.2) is 102 Å². The minimum absolute atomic E-state index is 0.00506. The number of hydrogen-bond acceptors (Lipinski definition) is 22. The summed E-state index contributed by atoms with van der Waals surface area (Å²) in [5.74, 6) is 2.11. The zero-order chi connectivity index (χ0) is 71.5. The highest BCUT2D eigenvalue weighted by Gasteiger charge is 2.27. The lowest BCUT2D eigenvalue weighted by atomic mass is 10.1. The lowest BCUT2D eigenvalue weighted by molar-refractivity contribution is -0.117. The standard InChI is InChI=1S/C20H13N5O3.C18H13N5O3.C18H11N5O2.C17H11N5O2/c1-2-7-27-18-8-14-13-5-3-4-6-16(13)28-17(14)9-15(18)23-20(26)11-25-12-22-19(10-21)24-25;1-25-16-6-12-11-4-2-3-5-14(11)26-15(12)7-13(16)21-18(24)9-23-10-20-17(8-19)22-23;19-8-16-20-10-23(22-16)9-17(24)21-11-5-6-13-12-3-1-2-4-14(12)18(25)15(13)7-11;18-8-16-19-10-22(21-16)9-17(23)20-11-5-6-15-13(7-11)12-3-1-2-4-14(12)24-15/h1,3-6,8-9,12H,7,11H2,(H,23,26);2-7,10H,9H2,1H3,(H,21,24);1-7,10H,9H2,(H,21,24);1-7,10H,9H2,(H,20,23). The first kappa shape index (κ1) is 66.0. The van der Waals surface area contributed by atoms with Gasteiger partial charge in [-0.3, -0.25) is 24.0 Å². The number of nitrogens with zero attached hydrogens (tertiary/aromatic N) is 16. The Morgan fingerprint density at radius 1 is 0.417 bits per heavy atom. The molecular weight excluding hydrogens is 1320 g/mol. The molecule has 4 amide bonds. The average Bonchev–Trinajstić information content (AvgIpc) is 1.65. The van der Waals surface area contributed by atoms with Crippen LogP contribution in [0.3, 0.4) is 0 Å². The van der Waals surface area contributed by atoms with E-state index in [1.165, 1.54) is 51.1 Å². The molecule has 0 unspecified atom stereocenters. The van der Waals surface area contributed by atoms with Crippen LogP contribution in [0, 0.1) is 57.7 Å². The van der Waals surface area contributed by atoms with E-state index in [0.29, 0.717) is 56.5 Å². The Balaban J connectivity index is 0.000000122. The van der Waals surface area contributed by atoms with Crippen molar-refractivity contribution in [1.82, 2.24) is 59.1 Å². The number of ketones is 1. The molecule has 7 heterocycles. The van der Waals surface area contributed by atoms with Crippen LogP contribution in [0.2, 0.25) is 0 Å². The van der Waals surface area contributed by atoms with Gasteiger partial charge >= 0.3 is 0 Å². The summed E-state index contributed by atoms with van der Waals surface area (Å²) < 4.78 is 33.6. The van der Waals surface area contributed by atoms with Gasteiger partial charge in [0, 0.05) is 67.0 Å². The Labute approximate surface area is 580 Å². The quantitative estimate of drug-likeness (QED) is 0.0693. The summed E-state index contributed by atoms with van der Waals surface area (Å²) in [6.45, 7) is -0.213. The number of rotatable bonds is 15. The molecule has 0 aliphatic heterocycles. The number of aromatic nitrogens is 12. The molecule has 15 aromatic rings. The van der Waals surface area contributed by atoms with Crippen molar-refractivity contribution >= 4 is 118 Å². The van der Waals surface area contributed by atoms with E-state index in [4.69, 9.17) is 50.2 Å². The molecule has 500 valence electrons. The molecule has 1 aliphatic rings. The molecule has 8 aromatic carbocycles. The molecule has 7 aromatic heterocycles. The zero-order valence-electron chi connectivity index (χ0n) is 53.7. The summed E-state index contributed by atoms with van der Waals surface area (Å²) in [5, 5.41) is 67.0. The maximum absolute atomic E-state index is 12.5. The molecule has 0 saturated carbocycles. The van der Waals surface area contributed by atoms with Crippen molar-refractivity contribution < 1.29 is 46.7 Å². The summed E-state index contributed by atoms with van der Waals surface area (Å²) in [6, 6.07) is 55.5. The second kappa shape index (κ2) is 29.4. The highest BCUT2D eigenvalue weighted by molar-refractivity contribution is 6.22. The van der Waals surface area contributed by atoms with E-state index in [1.54, 1.807) is 48.5 Å². The number of amides is 4. The number of carbonyl (C=O) groups is 5. The Kier molecular flexibility index (Phi) is 18.8. The monoisotopic (exact) mass is 1360 g/mol. The number of carbonyl (C=O) groups excluding carboxylic acids is 5. The third-order valence-electron chi connectivity index (χ3n) is 15.5. The molecule has 0 spiro atoms. The lowest BCUT2D eigenvalue weighted by Crippen LogP contribution is -2.19. The number of ether oxygens (including phenoxy) is 2. The van der Waals surface area contributed by atoms with Gasteiger partial charge in [0.15, 0.2) is 5.78 Å². The molecule has 0 fully saturated rings. The Morgan fingerprint density at radius 3 is 1.23 bits per heavy atom. The molecule has 0 radical (unpaired) electrons. The minimum atomic E-state index is -0.365. The fraction of sp³-hybridized carbons (Fsp3) is 0.0822. The number of benzene rings is 8. The van der Waals surface area contributed by atoms with Crippen molar-refractivity contribution in [3.05, 3.63) is 217 Å². The van der Waals surface area contributed by atoms with Gasteiger partial charge in [0.05, 0.1) is 18.5 Å². The van der Waals surface area contributed by atoms with E-state index >= 15 is 0 Å². The molecule has 30 heteroatoms. The first-order chi connectivity index (χ1) is 50.2. The summed E-state index contributed by atoms with van der Waals surface area (Å²) in [7, 11) is 1.54. The predicted octanol–water partition coefficient (Wildman–Crippen LogP) is 10.1. The van der Waals surface area contributed by atoms with Crippen molar-refractivity contribution in [2.45, 2.75) is 26.2 Å². The first-order valence-electron chi connectivity index (χ1n) is 30.8. The Morgan fingerprint density at radius 2 is 0.786 bits per heavy atom. The number of hydrogen-bond donors (Lipinski definition) is 4. The van der Waals surface area contributed by atoms with Crippen molar-refractivity contribution in [2.75, 3.05) is 35.0 Å².